The number of para-hydroxylation sites is 1. The molecule has 9 rings (SSSR count). The molecule has 1 saturated heterocycles. The van der Waals surface area contributed by atoms with Gasteiger partial charge in [-0.1, -0.05) is 157 Å². The van der Waals surface area contributed by atoms with E-state index in [0.29, 0.717) is 62.9 Å². The number of carboxylic acid groups (broad SMARTS) is 1. The second kappa shape index (κ2) is 47.3. The zero-order valence-electron chi connectivity index (χ0n) is 74.3. The number of ether oxygens (including phenoxy) is 1. The molecule has 1 aromatic heterocycles. The molecule has 3 heterocycles. The van der Waals surface area contributed by atoms with E-state index in [1.54, 1.807) is 143 Å². The number of carbonyl (C=O) groups is 16. The van der Waals surface area contributed by atoms with Crippen molar-refractivity contribution in [2.24, 2.45) is 17.6 Å². The molecule has 15 amide bonds. The van der Waals surface area contributed by atoms with Crippen LogP contribution in [0.4, 0.5) is 5.69 Å². The van der Waals surface area contributed by atoms with Crippen molar-refractivity contribution in [3.8, 4) is 17.2 Å². The molecule has 36 nitrogen and oxygen atoms in total. The molecule has 0 aliphatic carbocycles. The minimum absolute atomic E-state index is 0.0199. The summed E-state index contributed by atoms with van der Waals surface area (Å²) < 4.78 is 5.52. The van der Waals surface area contributed by atoms with E-state index >= 15 is 47.9 Å². The Balaban J connectivity index is 1.12. The van der Waals surface area contributed by atoms with Crippen LogP contribution in [0.15, 0.2) is 158 Å². The Hall–Kier alpha value is -13.9. The van der Waals surface area contributed by atoms with Crippen LogP contribution in [0.3, 0.4) is 0 Å². The first-order chi connectivity index (χ1) is 61.9. The zero-order valence-corrected chi connectivity index (χ0v) is 75.2. The summed E-state index contributed by atoms with van der Waals surface area (Å²) in [6.07, 6.45) is -0.0251. The number of amides is 15. The van der Waals surface area contributed by atoms with Gasteiger partial charge in [-0.2, -0.15) is 0 Å². The number of H-pyrrole nitrogens is 1. The van der Waals surface area contributed by atoms with Crippen molar-refractivity contribution in [2.75, 3.05) is 71.3 Å². The molecule has 2 aliphatic heterocycles. The summed E-state index contributed by atoms with van der Waals surface area (Å²) >= 11 is 0.813. The minimum atomic E-state index is -1.91. The standard InChI is InChI=1S/C93H116N16O20S/c1-11-12-30-73-91(126)105(6)49-78(113)98-69(46-81(116)117)87(122)104-82(54(4)5)93(128)107(8)75(41-55-22-15-13-16-23-55)88(123)102-71-43-59-33-36-62(111)45-74(59)109(90(71)125)50-79(114)97-68(44-60-47-95-65-29-20-19-28-64(60)65)86(121)101-67(39-57-31-34-61(110)35-32-57)85(120)100-66(37-53(2)3)84(119)103-72(83(118)96-48-77(94)112)51-130-52-80(115)99-70(40-58-26-21-27-63(38-58)129-10)89(124)108(9)76(92(127)106(73)7)42-56-24-17-14-18-25-56/h13-29,31-36,38,45,47,53-54,66-73,75-76,82,95,110-111H,11-12,30,37,39-44,46,48-52H2,1-10H3,(H2,94,112)(H,96,118)(H,97,114)(H,98,113)(H,99,115)(H,100,120)(H,101,121)(H,102,123)(H,103,119)(H,104,122)(H,116,117)/t66-,67-,68-,69-,70-,71-,72-,73-,75-,76-,82-/m0/s1. The van der Waals surface area contributed by atoms with Crippen LogP contribution in [-0.4, -0.2) is 267 Å². The highest BCUT2D eigenvalue weighted by Crippen LogP contribution is 2.33. The Labute approximate surface area is 757 Å². The molecule has 1 fully saturated rings. The van der Waals surface area contributed by atoms with Gasteiger partial charge >= 0.3 is 5.97 Å². The average Bonchev–Trinajstić information content (AvgIpc) is 1.08. The first-order valence-corrected chi connectivity index (χ1v) is 44.0. The number of fused-ring (bicyclic) bond motifs is 5. The number of anilines is 1. The number of phenols is 2. The molecule has 15 N–H and O–H groups in total. The minimum Gasteiger partial charge on any atom is -0.508 e. The number of nitrogens with two attached hydrogens (primary N) is 1. The van der Waals surface area contributed by atoms with Crippen LogP contribution in [0.25, 0.3) is 10.9 Å². The number of primary amides is 1. The van der Waals surface area contributed by atoms with Gasteiger partial charge < -0.3 is 103 Å². The Morgan fingerprint density at radius 1 is 0.531 bits per heavy atom. The third kappa shape index (κ3) is 28.1. The summed E-state index contributed by atoms with van der Waals surface area (Å²) in [4.78, 5) is 244. The Morgan fingerprint density at radius 2 is 1.09 bits per heavy atom. The van der Waals surface area contributed by atoms with Crippen molar-refractivity contribution in [1.82, 2.24) is 72.4 Å². The van der Waals surface area contributed by atoms with Crippen molar-refractivity contribution < 1.29 is 96.8 Å². The Kier molecular flexibility index (Phi) is 36.3. The van der Waals surface area contributed by atoms with Crippen LogP contribution in [0.5, 0.6) is 17.2 Å². The molecule has 6 aromatic carbocycles. The number of carboxylic acids is 1. The molecular weight excluding hydrogens is 1690 g/mol. The molecule has 2 bridgehead atoms. The van der Waals surface area contributed by atoms with Gasteiger partial charge in [-0.3, -0.25) is 76.7 Å². The summed E-state index contributed by atoms with van der Waals surface area (Å²) in [7, 11) is 6.69. The first kappa shape index (κ1) is 99.9. The van der Waals surface area contributed by atoms with E-state index in [1.165, 1.54) is 77.8 Å². The summed E-state index contributed by atoms with van der Waals surface area (Å²) in [5.41, 5.74) is 8.96. The van der Waals surface area contributed by atoms with Gasteiger partial charge in [-0.05, 0) is 94.5 Å². The fourth-order valence-corrected chi connectivity index (χ4v) is 16.4. The third-order valence-corrected chi connectivity index (χ3v) is 23.6. The van der Waals surface area contributed by atoms with E-state index < -0.39 is 205 Å². The number of aromatic nitrogens is 1. The number of thioether (sulfide) groups is 1. The van der Waals surface area contributed by atoms with E-state index in [2.05, 4.69) is 52.8 Å². The van der Waals surface area contributed by atoms with Crippen molar-refractivity contribution in [3.63, 3.8) is 0 Å². The van der Waals surface area contributed by atoms with Crippen LogP contribution in [-0.2, 0) is 115 Å². The number of hydrogen-bond acceptors (Lipinski definition) is 20. The SMILES string of the molecule is CCCC[C@H]1C(=O)N(C)CC(=O)N[C@@H](CC(=O)O)C(=O)N[C@@H](C(C)C)C(=O)N(C)[C@@H](Cc2ccccc2)C(=O)N[C@H]2Cc3ccc(O)cc3N(CC(=O)N[C@@H](Cc3c[nH]c4ccccc34)C(=O)N[C@@H](Cc3ccc(O)cc3)C(=O)N[C@@H](CC(C)C)C(=O)N[C@H](C(=O)NCC(N)=O)CSCC(=O)N[C@@H](Cc3cccc(OC)c3)C(=O)N(C)[C@@H](Cc3ccccc3)C(=O)N1C)C2=O. The maximum absolute atomic E-state index is 15.6. The lowest BCUT2D eigenvalue weighted by molar-refractivity contribution is -0.151. The van der Waals surface area contributed by atoms with Crippen molar-refractivity contribution in [1.29, 1.82) is 0 Å². The van der Waals surface area contributed by atoms with Crippen LogP contribution >= 0.6 is 11.8 Å². The quantitative estimate of drug-likeness (QED) is 0.0462. The number of aliphatic carboxylic acids is 1. The van der Waals surface area contributed by atoms with Crippen molar-refractivity contribution >= 4 is 123 Å². The Bertz CT molecular complexity index is 5230. The number of carbonyl (C=O) groups excluding carboxylic acids is 15. The summed E-state index contributed by atoms with van der Waals surface area (Å²) in [6, 6.07) is 23.4. The fraction of sp³-hybridized carbons (Fsp3) is 0.419. The fourth-order valence-electron chi connectivity index (χ4n) is 15.5. The molecule has 2 aliphatic rings. The van der Waals surface area contributed by atoms with Crippen LogP contribution in [0.1, 0.15) is 100 Å². The summed E-state index contributed by atoms with van der Waals surface area (Å²) in [5, 5.41) is 56.2. The van der Waals surface area contributed by atoms with Gasteiger partial charge in [0.15, 0.2) is 0 Å². The van der Waals surface area contributed by atoms with E-state index in [-0.39, 0.29) is 74.5 Å². The van der Waals surface area contributed by atoms with Gasteiger partial charge in [0.25, 0.3) is 0 Å². The molecule has 0 unspecified atom stereocenters. The maximum Gasteiger partial charge on any atom is 0.305 e. The second-order valence-electron chi connectivity index (χ2n) is 33.3. The largest absolute Gasteiger partial charge is 0.508 e. The average molecular weight is 1810 g/mol. The molecule has 694 valence electrons. The highest BCUT2D eigenvalue weighted by Gasteiger charge is 2.44. The number of unbranched alkanes of at least 4 members (excludes halogenated alkanes) is 1. The van der Waals surface area contributed by atoms with Gasteiger partial charge in [-0.15, -0.1) is 11.8 Å². The van der Waals surface area contributed by atoms with Crippen LogP contribution in [0.2, 0.25) is 0 Å². The number of methoxy groups -OCH3 is 1. The number of likely N-dealkylation sites (N-methyl/N-ethyl adjacent to an activating group) is 4. The monoisotopic (exact) mass is 1810 g/mol. The zero-order chi connectivity index (χ0) is 94.7. The lowest BCUT2D eigenvalue weighted by Gasteiger charge is -2.37. The first-order valence-electron chi connectivity index (χ1n) is 42.9. The number of nitrogens with one attached hydrogen (secondary N) is 10. The number of nitrogens with zero attached hydrogens (tertiary/aromatic N) is 5. The van der Waals surface area contributed by atoms with Gasteiger partial charge in [0.1, 0.15) is 90.3 Å². The molecule has 7 aromatic rings. The summed E-state index contributed by atoms with van der Waals surface area (Å²) in [5.74, 6) is -17.5. The molecule has 0 saturated carbocycles. The van der Waals surface area contributed by atoms with Gasteiger partial charge in [-0.25, -0.2) is 0 Å². The van der Waals surface area contributed by atoms with Crippen LogP contribution < -0.4 is 63.2 Å². The molecule has 11 atom stereocenters. The topological polar surface area (TPSA) is 509 Å². The van der Waals surface area contributed by atoms with Gasteiger partial charge in [0.2, 0.25) is 88.6 Å². The third-order valence-electron chi connectivity index (χ3n) is 22.6. The van der Waals surface area contributed by atoms with Gasteiger partial charge in [0, 0.05) is 95.6 Å². The predicted molar refractivity (Wildman–Crippen MR) is 483 cm³/mol. The number of hydrogen-bond donors (Lipinski definition) is 14. The number of aromatic amines is 1. The van der Waals surface area contributed by atoms with E-state index in [0.717, 1.165) is 36.3 Å². The highest BCUT2D eigenvalue weighted by atomic mass is 32.2. The predicted octanol–water partition coefficient (Wildman–Crippen LogP) is 2.22. The highest BCUT2D eigenvalue weighted by molar-refractivity contribution is 8.00. The molecule has 0 spiro atoms. The number of aromatic hydroxyl groups is 2. The molecule has 0 radical (unpaired) electrons. The smallest absolute Gasteiger partial charge is 0.305 e. The Morgan fingerprint density at radius 3 is 1.73 bits per heavy atom. The van der Waals surface area contributed by atoms with Crippen molar-refractivity contribution in [3.05, 3.63) is 191 Å². The number of rotatable bonds is 22. The number of benzene rings is 6. The van der Waals surface area contributed by atoms with Gasteiger partial charge in [0.05, 0.1) is 38.1 Å². The molecule has 37 heteroatoms. The normalized spacial score (nSPS) is 22.0. The molecule has 130 heavy (non-hydrogen) atoms. The lowest BCUT2D eigenvalue weighted by Crippen LogP contribution is -2.62. The van der Waals surface area contributed by atoms with Crippen molar-refractivity contribution in [2.45, 2.75) is 172 Å². The van der Waals surface area contributed by atoms with Crippen LogP contribution in [0, 0.1) is 11.8 Å². The molecular formula is C93H116N16O20S. The lowest BCUT2D eigenvalue weighted by atomic mass is 9.95. The van der Waals surface area contributed by atoms with E-state index in [9.17, 15) is 44.1 Å². The van der Waals surface area contributed by atoms with E-state index in [1.807, 2.05) is 6.92 Å². The maximum atomic E-state index is 15.6. The summed E-state index contributed by atoms with van der Waals surface area (Å²) in [6.45, 7) is 6.06. The number of phenolic OH excluding ortho intramolecular Hbond substituents is 2. The van der Waals surface area contributed by atoms with E-state index in [4.69, 9.17) is 10.5 Å². The second-order valence-corrected chi connectivity index (χ2v) is 34.3.